The van der Waals surface area contributed by atoms with Crippen LogP contribution in [0.3, 0.4) is 0 Å². The zero-order chi connectivity index (χ0) is 18.8. The first-order valence-corrected chi connectivity index (χ1v) is 9.60. The van der Waals surface area contributed by atoms with Crippen molar-refractivity contribution in [3.05, 3.63) is 58.4 Å². The van der Waals surface area contributed by atoms with Gasteiger partial charge in [0.05, 0.1) is 5.56 Å². The van der Waals surface area contributed by atoms with E-state index in [4.69, 9.17) is 0 Å². The summed E-state index contributed by atoms with van der Waals surface area (Å²) in [5.74, 6) is 6.45. The zero-order valence-corrected chi connectivity index (χ0v) is 15.9. The summed E-state index contributed by atoms with van der Waals surface area (Å²) in [5, 5.41) is 12.0. The van der Waals surface area contributed by atoms with Crippen LogP contribution in [0.1, 0.15) is 39.3 Å². The summed E-state index contributed by atoms with van der Waals surface area (Å²) in [6, 6.07) is 7.90. The number of carbonyl (C=O) groups excluding carboxylic acids is 1. The third-order valence-corrected chi connectivity index (χ3v) is 5.11. The van der Waals surface area contributed by atoms with Crippen LogP contribution in [-0.4, -0.2) is 21.1 Å². The molecule has 5 nitrogen and oxygen atoms in total. The molecular weight excluding hydrogens is 356 g/mol. The highest BCUT2D eigenvalue weighted by Gasteiger charge is 2.18. The van der Waals surface area contributed by atoms with Gasteiger partial charge < -0.3 is 0 Å². The number of hydrogen-bond donors (Lipinski definition) is 1. The maximum Gasteiger partial charge on any atom is 0.258 e. The van der Waals surface area contributed by atoms with Crippen molar-refractivity contribution in [1.29, 1.82) is 0 Å². The molecular formula is C21H18N4OS. The first-order chi connectivity index (χ1) is 13.1. The Morgan fingerprint density at radius 1 is 1.19 bits per heavy atom. The normalized spacial score (nSPS) is 13.0. The molecule has 1 fully saturated rings. The molecule has 2 aromatic heterocycles. The highest BCUT2D eigenvalue weighted by atomic mass is 32.1. The summed E-state index contributed by atoms with van der Waals surface area (Å²) in [7, 11) is 0. The van der Waals surface area contributed by atoms with Crippen LogP contribution >= 0.6 is 11.3 Å². The molecule has 3 aromatic rings. The van der Waals surface area contributed by atoms with E-state index in [2.05, 4.69) is 50.5 Å². The van der Waals surface area contributed by atoms with Gasteiger partial charge in [0.25, 0.3) is 5.91 Å². The third-order valence-electron chi connectivity index (χ3n) is 4.35. The Bertz CT molecular complexity index is 1070. The average Bonchev–Trinajstić information content (AvgIpc) is 3.40. The number of pyridine rings is 1. The van der Waals surface area contributed by atoms with Gasteiger partial charge in [0, 0.05) is 23.9 Å². The van der Waals surface area contributed by atoms with Crippen molar-refractivity contribution in [3.63, 3.8) is 0 Å². The van der Waals surface area contributed by atoms with E-state index in [1.54, 1.807) is 18.5 Å². The van der Waals surface area contributed by atoms with Crippen LogP contribution in [0.2, 0.25) is 0 Å². The smallest absolute Gasteiger partial charge is 0.258 e. The van der Waals surface area contributed by atoms with E-state index in [0.717, 1.165) is 22.3 Å². The molecule has 6 heteroatoms. The van der Waals surface area contributed by atoms with Gasteiger partial charge in [-0.15, -0.1) is 10.2 Å². The molecule has 1 aromatic carbocycles. The number of anilines is 1. The molecule has 1 aliphatic carbocycles. The fourth-order valence-electron chi connectivity index (χ4n) is 2.71. The third kappa shape index (κ3) is 4.04. The second-order valence-corrected chi connectivity index (χ2v) is 7.63. The summed E-state index contributed by atoms with van der Waals surface area (Å²) in [6.07, 6.45) is 5.68. The molecule has 1 aliphatic rings. The molecule has 1 saturated carbocycles. The largest absolute Gasteiger partial charge is 0.296 e. The van der Waals surface area contributed by atoms with Gasteiger partial charge in [0.15, 0.2) is 5.01 Å². The fraction of sp³-hybridized carbons (Fsp3) is 0.238. The maximum absolute atomic E-state index is 12.9. The Labute approximate surface area is 161 Å². The van der Waals surface area contributed by atoms with E-state index in [0.29, 0.717) is 21.6 Å². The summed E-state index contributed by atoms with van der Waals surface area (Å²) in [5.41, 5.74) is 4.58. The minimum atomic E-state index is -0.230. The van der Waals surface area contributed by atoms with E-state index in [1.165, 1.54) is 24.2 Å². The Morgan fingerprint density at radius 3 is 2.85 bits per heavy atom. The summed E-state index contributed by atoms with van der Waals surface area (Å²) in [6.45, 7) is 4.06. The molecule has 4 rings (SSSR count). The van der Waals surface area contributed by atoms with Crippen molar-refractivity contribution in [2.45, 2.75) is 26.7 Å². The zero-order valence-electron chi connectivity index (χ0n) is 15.1. The van der Waals surface area contributed by atoms with Gasteiger partial charge in [-0.3, -0.25) is 15.1 Å². The minimum Gasteiger partial charge on any atom is -0.296 e. The highest BCUT2D eigenvalue weighted by molar-refractivity contribution is 7.15. The number of hydrogen-bond acceptors (Lipinski definition) is 5. The first kappa shape index (κ1) is 17.4. The van der Waals surface area contributed by atoms with Crippen LogP contribution in [0, 0.1) is 31.6 Å². The van der Waals surface area contributed by atoms with Gasteiger partial charge in [-0.05, 0) is 49.8 Å². The molecule has 0 saturated heterocycles. The Balaban J connectivity index is 1.59. The van der Waals surface area contributed by atoms with E-state index in [1.807, 2.05) is 13.8 Å². The standard InChI is InChI=1S/C21H18N4OS/c1-13-3-4-14(2)17(11-13)18-12-22-10-9-16(18)20(26)23-21-25-24-19(27-21)8-7-15-5-6-15/h3-4,9-12,15H,5-6H2,1-2H3,(H,23,25,26). The molecule has 1 amide bonds. The Kier molecular flexibility index (Phi) is 4.69. The van der Waals surface area contributed by atoms with Crippen molar-refractivity contribution in [3.8, 4) is 23.0 Å². The number of amides is 1. The van der Waals surface area contributed by atoms with Gasteiger partial charge >= 0.3 is 0 Å². The highest BCUT2D eigenvalue weighted by Crippen LogP contribution is 2.29. The van der Waals surface area contributed by atoms with Gasteiger partial charge in [0.2, 0.25) is 5.13 Å². The predicted octanol–water partition coefficient (Wildman–Crippen LogP) is 4.23. The van der Waals surface area contributed by atoms with Crippen LogP contribution < -0.4 is 5.32 Å². The topological polar surface area (TPSA) is 67.8 Å². The molecule has 0 bridgehead atoms. The molecule has 134 valence electrons. The minimum absolute atomic E-state index is 0.230. The lowest BCUT2D eigenvalue weighted by molar-refractivity contribution is 0.102. The first-order valence-electron chi connectivity index (χ1n) is 8.78. The molecule has 1 N–H and O–H groups in total. The Hall–Kier alpha value is -3.04. The number of carbonyl (C=O) groups is 1. The van der Waals surface area contributed by atoms with Crippen LogP contribution in [-0.2, 0) is 0 Å². The van der Waals surface area contributed by atoms with Gasteiger partial charge in [-0.2, -0.15) is 0 Å². The summed E-state index contributed by atoms with van der Waals surface area (Å²) in [4.78, 5) is 17.1. The van der Waals surface area contributed by atoms with Crippen molar-refractivity contribution < 1.29 is 4.79 Å². The molecule has 0 unspecified atom stereocenters. The number of aryl methyl sites for hydroxylation is 2. The van der Waals surface area contributed by atoms with Gasteiger partial charge in [0.1, 0.15) is 0 Å². The molecule has 0 atom stereocenters. The van der Waals surface area contributed by atoms with Crippen LogP contribution in [0.4, 0.5) is 5.13 Å². The summed E-state index contributed by atoms with van der Waals surface area (Å²) < 4.78 is 0. The number of benzene rings is 1. The monoisotopic (exact) mass is 374 g/mol. The number of rotatable bonds is 3. The number of aromatic nitrogens is 3. The van der Waals surface area contributed by atoms with Crippen LogP contribution in [0.5, 0.6) is 0 Å². The quantitative estimate of drug-likeness (QED) is 0.697. The second kappa shape index (κ2) is 7.29. The Morgan fingerprint density at radius 2 is 2.04 bits per heavy atom. The lowest BCUT2D eigenvalue weighted by Gasteiger charge is -2.11. The maximum atomic E-state index is 12.9. The van der Waals surface area contributed by atoms with Gasteiger partial charge in [-0.25, -0.2) is 0 Å². The number of nitrogens with zero attached hydrogens (tertiary/aromatic N) is 3. The van der Waals surface area contributed by atoms with Crippen LogP contribution in [0.25, 0.3) is 11.1 Å². The lowest BCUT2D eigenvalue weighted by atomic mass is 9.96. The van der Waals surface area contributed by atoms with E-state index in [9.17, 15) is 4.79 Å². The fourth-order valence-corrected chi connectivity index (χ4v) is 3.31. The SMILES string of the molecule is Cc1ccc(C)c(-c2cnccc2C(=O)Nc2nnc(C#CC3CC3)s2)c1. The molecule has 0 aliphatic heterocycles. The van der Waals surface area contributed by atoms with Crippen molar-refractivity contribution in [1.82, 2.24) is 15.2 Å². The molecule has 0 spiro atoms. The lowest BCUT2D eigenvalue weighted by Crippen LogP contribution is -2.13. The van der Waals surface area contributed by atoms with E-state index < -0.39 is 0 Å². The van der Waals surface area contributed by atoms with E-state index >= 15 is 0 Å². The van der Waals surface area contributed by atoms with Crippen LogP contribution in [0.15, 0.2) is 36.7 Å². The van der Waals surface area contributed by atoms with Gasteiger partial charge in [-0.1, -0.05) is 41.0 Å². The predicted molar refractivity (Wildman–Crippen MR) is 107 cm³/mol. The molecule has 0 radical (unpaired) electrons. The van der Waals surface area contributed by atoms with Crippen molar-refractivity contribution in [2.24, 2.45) is 5.92 Å². The summed E-state index contributed by atoms with van der Waals surface area (Å²) >= 11 is 1.29. The average molecular weight is 374 g/mol. The molecule has 2 heterocycles. The van der Waals surface area contributed by atoms with Crippen molar-refractivity contribution >= 4 is 22.4 Å². The molecule has 27 heavy (non-hydrogen) atoms. The number of nitrogens with one attached hydrogen (secondary N) is 1. The van der Waals surface area contributed by atoms with E-state index in [-0.39, 0.29) is 5.91 Å². The second-order valence-electron chi connectivity index (χ2n) is 6.65. The van der Waals surface area contributed by atoms with Crippen molar-refractivity contribution in [2.75, 3.05) is 5.32 Å².